The Balaban J connectivity index is 1.35. The Labute approximate surface area is 207 Å². The van der Waals surface area contributed by atoms with E-state index >= 15 is 0 Å². The molecule has 0 atom stereocenters. The molecule has 10 heteroatoms. The van der Waals surface area contributed by atoms with Gasteiger partial charge in [0, 0.05) is 4.88 Å². The van der Waals surface area contributed by atoms with Crippen molar-refractivity contribution in [1.29, 1.82) is 5.26 Å². The maximum atomic E-state index is 13.3. The molecule has 1 N–H and O–H groups in total. The average Bonchev–Trinajstić information content (AvgIpc) is 3.58. The number of nitrogens with zero attached hydrogens (tertiary/aromatic N) is 5. The van der Waals surface area contributed by atoms with E-state index in [-0.39, 0.29) is 17.2 Å². The molecule has 1 aliphatic rings. The number of anilines is 1. The Morgan fingerprint density at radius 2 is 1.91 bits per heavy atom. The van der Waals surface area contributed by atoms with Gasteiger partial charge in [0.25, 0.3) is 5.56 Å². The van der Waals surface area contributed by atoms with Crippen LogP contribution >= 0.6 is 23.1 Å². The topological polar surface area (TPSA) is 105 Å². The highest BCUT2D eigenvalue weighted by Gasteiger charge is 2.24. The second-order valence-corrected chi connectivity index (χ2v) is 10.2. The zero-order valence-electron chi connectivity index (χ0n) is 18.4. The van der Waals surface area contributed by atoms with Gasteiger partial charge in [-0.1, -0.05) is 42.1 Å². The van der Waals surface area contributed by atoms with Crippen LogP contribution in [0, 0.1) is 11.3 Å². The molecule has 172 valence electrons. The SMILES string of the molecule is N#Cc1c(NC(=O)CSc2nnc3n(-c4ccccc4)c(=O)c4ccccc4n23)sc2c1CCC2. The third kappa shape index (κ3) is 3.60. The van der Waals surface area contributed by atoms with Gasteiger partial charge in [-0.25, -0.2) is 4.57 Å². The first-order chi connectivity index (χ1) is 17.2. The van der Waals surface area contributed by atoms with Gasteiger partial charge in [0.05, 0.1) is 27.9 Å². The van der Waals surface area contributed by atoms with E-state index in [0.29, 0.717) is 38.1 Å². The van der Waals surface area contributed by atoms with E-state index in [2.05, 4.69) is 21.6 Å². The molecule has 1 aliphatic carbocycles. The number of nitrogens with one attached hydrogen (secondary N) is 1. The van der Waals surface area contributed by atoms with Gasteiger partial charge in [-0.3, -0.25) is 14.0 Å². The lowest BCUT2D eigenvalue weighted by Gasteiger charge is -2.11. The third-order valence-electron chi connectivity index (χ3n) is 6.03. The van der Waals surface area contributed by atoms with Gasteiger partial charge in [0.1, 0.15) is 11.1 Å². The first-order valence-corrected chi connectivity index (χ1v) is 12.9. The van der Waals surface area contributed by atoms with Crippen LogP contribution in [0.3, 0.4) is 0 Å². The summed E-state index contributed by atoms with van der Waals surface area (Å²) in [6.45, 7) is 0. The normalized spacial score (nSPS) is 12.7. The van der Waals surface area contributed by atoms with Crippen molar-refractivity contribution < 1.29 is 4.79 Å². The van der Waals surface area contributed by atoms with Gasteiger partial charge in [-0.05, 0) is 49.1 Å². The Morgan fingerprint density at radius 3 is 2.74 bits per heavy atom. The number of thiophene rings is 1. The van der Waals surface area contributed by atoms with Crippen molar-refractivity contribution in [2.45, 2.75) is 24.4 Å². The quantitative estimate of drug-likeness (QED) is 0.365. The van der Waals surface area contributed by atoms with Crippen molar-refractivity contribution in [2.24, 2.45) is 0 Å². The average molecular weight is 499 g/mol. The van der Waals surface area contributed by atoms with E-state index in [4.69, 9.17) is 0 Å². The summed E-state index contributed by atoms with van der Waals surface area (Å²) in [7, 11) is 0. The zero-order valence-corrected chi connectivity index (χ0v) is 20.0. The first-order valence-electron chi connectivity index (χ1n) is 11.1. The van der Waals surface area contributed by atoms with Crippen LogP contribution < -0.4 is 10.9 Å². The number of nitriles is 1. The number of rotatable bonds is 5. The summed E-state index contributed by atoms with van der Waals surface area (Å²) in [4.78, 5) is 27.3. The van der Waals surface area contributed by atoms with Gasteiger partial charge in [-0.2, -0.15) is 5.26 Å². The van der Waals surface area contributed by atoms with Crippen LogP contribution in [0.25, 0.3) is 22.4 Å². The number of fused-ring (bicyclic) bond motifs is 4. The van der Waals surface area contributed by atoms with Gasteiger partial charge in [-0.15, -0.1) is 21.5 Å². The molecule has 0 fully saturated rings. The van der Waals surface area contributed by atoms with Crippen molar-refractivity contribution in [3.05, 3.63) is 81.0 Å². The second-order valence-electron chi connectivity index (χ2n) is 8.12. The fourth-order valence-corrected chi connectivity index (χ4v) is 6.48. The van der Waals surface area contributed by atoms with Crippen LogP contribution in [0.15, 0.2) is 64.5 Å². The number of hydrogen-bond acceptors (Lipinski definition) is 7. The number of carbonyl (C=O) groups is 1. The summed E-state index contributed by atoms with van der Waals surface area (Å²) in [5, 5.41) is 22.8. The summed E-state index contributed by atoms with van der Waals surface area (Å²) in [5.74, 6) is 0.251. The molecule has 1 amide bonds. The molecular weight excluding hydrogens is 480 g/mol. The Bertz CT molecular complexity index is 1710. The molecule has 6 rings (SSSR count). The van der Waals surface area contributed by atoms with Crippen LogP contribution in [0.2, 0.25) is 0 Å². The fraction of sp³-hybridized carbons (Fsp3) is 0.160. The Kier molecular flexibility index (Phi) is 5.36. The van der Waals surface area contributed by atoms with Crippen LogP contribution in [-0.4, -0.2) is 30.8 Å². The predicted molar refractivity (Wildman–Crippen MR) is 137 cm³/mol. The number of aromatic nitrogens is 4. The van der Waals surface area contributed by atoms with Crippen molar-refractivity contribution in [3.63, 3.8) is 0 Å². The molecule has 8 nitrogen and oxygen atoms in total. The van der Waals surface area contributed by atoms with Crippen LogP contribution in [-0.2, 0) is 17.6 Å². The van der Waals surface area contributed by atoms with Crippen molar-refractivity contribution in [3.8, 4) is 11.8 Å². The molecule has 0 unspecified atom stereocenters. The zero-order chi connectivity index (χ0) is 23.9. The standard InChI is InChI=1S/C25H18N6O2S2/c26-13-18-16-10-6-12-20(16)35-22(18)27-21(32)14-34-25-29-28-24-30(15-7-2-1-3-8-15)23(33)17-9-4-5-11-19(17)31(24)25/h1-5,7-9,11H,6,10,12,14H2,(H,27,32). The molecule has 0 radical (unpaired) electrons. The fourth-order valence-electron chi connectivity index (χ4n) is 4.49. The molecule has 0 bridgehead atoms. The highest BCUT2D eigenvalue weighted by Crippen LogP contribution is 2.38. The summed E-state index contributed by atoms with van der Waals surface area (Å²) in [5.41, 5.74) is 2.84. The van der Waals surface area contributed by atoms with Gasteiger partial charge >= 0.3 is 0 Å². The molecule has 2 aromatic carbocycles. The summed E-state index contributed by atoms with van der Waals surface area (Å²) >= 11 is 2.73. The second kappa shape index (κ2) is 8.69. The van der Waals surface area contributed by atoms with E-state index in [1.54, 1.807) is 6.07 Å². The highest BCUT2D eigenvalue weighted by molar-refractivity contribution is 7.99. The summed E-state index contributed by atoms with van der Waals surface area (Å²) in [6, 6.07) is 18.8. The minimum absolute atomic E-state index is 0.0903. The Morgan fingerprint density at radius 1 is 1.11 bits per heavy atom. The molecule has 3 heterocycles. The van der Waals surface area contributed by atoms with E-state index in [1.165, 1.54) is 32.5 Å². The minimum atomic E-state index is -0.219. The van der Waals surface area contributed by atoms with E-state index < -0.39 is 0 Å². The molecule has 0 spiro atoms. The molecule has 0 saturated heterocycles. The molecule has 0 aliphatic heterocycles. The van der Waals surface area contributed by atoms with Gasteiger partial charge in [0.2, 0.25) is 11.7 Å². The maximum absolute atomic E-state index is 13.3. The third-order valence-corrected chi connectivity index (χ3v) is 8.16. The lowest BCUT2D eigenvalue weighted by molar-refractivity contribution is -0.113. The number of hydrogen-bond donors (Lipinski definition) is 1. The van der Waals surface area contributed by atoms with E-state index in [9.17, 15) is 14.9 Å². The molecule has 3 aromatic heterocycles. The number of carbonyl (C=O) groups excluding carboxylic acids is 1. The number of amides is 1. The van der Waals surface area contributed by atoms with Crippen molar-refractivity contribution >= 4 is 50.7 Å². The minimum Gasteiger partial charge on any atom is -0.316 e. The molecular formula is C25H18N6O2S2. The monoisotopic (exact) mass is 498 g/mol. The first kappa shape index (κ1) is 21.6. The van der Waals surface area contributed by atoms with E-state index in [0.717, 1.165) is 24.8 Å². The van der Waals surface area contributed by atoms with Crippen molar-refractivity contribution in [1.82, 2.24) is 19.2 Å². The maximum Gasteiger partial charge on any atom is 0.267 e. The lowest BCUT2D eigenvalue weighted by Crippen LogP contribution is -2.21. The molecule has 0 saturated carbocycles. The Hall–Kier alpha value is -3.94. The van der Waals surface area contributed by atoms with Crippen LogP contribution in [0.1, 0.15) is 22.4 Å². The van der Waals surface area contributed by atoms with Crippen molar-refractivity contribution in [2.75, 3.05) is 11.1 Å². The lowest BCUT2D eigenvalue weighted by atomic mass is 10.1. The summed E-state index contributed by atoms with van der Waals surface area (Å²) in [6.07, 6.45) is 2.91. The number of thioether (sulfide) groups is 1. The largest absolute Gasteiger partial charge is 0.316 e. The molecule has 35 heavy (non-hydrogen) atoms. The predicted octanol–water partition coefficient (Wildman–Crippen LogP) is 4.19. The number of benzene rings is 2. The van der Waals surface area contributed by atoms with Gasteiger partial charge in [0.15, 0.2) is 5.16 Å². The van der Waals surface area contributed by atoms with Crippen LogP contribution in [0.5, 0.6) is 0 Å². The smallest absolute Gasteiger partial charge is 0.267 e. The number of aryl methyl sites for hydroxylation is 1. The highest BCUT2D eigenvalue weighted by atomic mass is 32.2. The van der Waals surface area contributed by atoms with Gasteiger partial charge < -0.3 is 5.32 Å². The van der Waals surface area contributed by atoms with E-state index in [1.807, 2.05) is 52.9 Å². The van der Waals surface area contributed by atoms with Crippen LogP contribution in [0.4, 0.5) is 5.00 Å². The number of para-hydroxylation sites is 2. The molecule has 5 aromatic rings. The summed E-state index contributed by atoms with van der Waals surface area (Å²) < 4.78 is 3.34.